The molecule has 2 aromatic carbocycles. The third kappa shape index (κ3) is 4.57. The van der Waals surface area contributed by atoms with Gasteiger partial charge in [0.05, 0.1) is 5.69 Å². The average molecular weight is 406 g/mol. The van der Waals surface area contributed by atoms with Gasteiger partial charge in [-0.05, 0) is 50.1 Å². The number of nitrogens with zero attached hydrogens (tertiary/aromatic N) is 2. The zero-order valence-electron chi connectivity index (χ0n) is 16.4. The summed E-state index contributed by atoms with van der Waals surface area (Å²) >= 11 is 0. The summed E-state index contributed by atoms with van der Waals surface area (Å²) in [6.07, 6.45) is 2.00. The molecule has 30 heavy (non-hydrogen) atoms. The van der Waals surface area contributed by atoms with Crippen LogP contribution in [0.3, 0.4) is 0 Å². The normalized spacial score (nSPS) is 18.2. The van der Waals surface area contributed by atoms with Gasteiger partial charge in [0.2, 0.25) is 5.84 Å². The highest BCUT2D eigenvalue weighted by Gasteiger charge is 2.30. The molecule has 0 radical (unpaired) electrons. The van der Waals surface area contributed by atoms with Crippen LogP contribution in [0.5, 0.6) is 0 Å². The molecule has 4 amide bonds. The van der Waals surface area contributed by atoms with Gasteiger partial charge in [0.25, 0.3) is 11.8 Å². The number of hydrazine groups is 1. The van der Waals surface area contributed by atoms with Crippen LogP contribution in [0.15, 0.2) is 59.6 Å². The summed E-state index contributed by atoms with van der Waals surface area (Å²) in [7, 11) is 0. The number of carbonyl (C=O) groups excluding carboxylic acids is 3. The molecule has 0 bridgehead atoms. The number of hydrogen-bond donors (Lipinski definition) is 4. The third-order valence-corrected chi connectivity index (χ3v) is 4.64. The minimum atomic E-state index is -0.702. The first-order valence-electron chi connectivity index (χ1n) is 9.72. The fourth-order valence-corrected chi connectivity index (χ4v) is 2.95. The van der Waals surface area contributed by atoms with Gasteiger partial charge in [-0.3, -0.25) is 15.0 Å². The smallest absolute Gasteiger partial charge is 0.319 e. The molecular weight excluding hydrogens is 384 g/mol. The van der Waals surface area contributed by atoms with Crippen LogP contribution in [-0.4, -0.2) is 35.8 Å². The summed E-state index contributed by atoms with van der Waals surface area (Å²) in [6.45, 7) is 1.63. The number of aliphatic imine (C=N–C) groups is 1. The Kier molecular flexibility index (Phi) is 5.34. The second-order valence-electron chi connectivity index (χ2n) is 7.18. The van der Waals surface area contributed by atoms with Crippen LogP contribution in [0.25, 0.3) is 0 Å². The largest absolute Gasteiger partial charge is 0.335 e. The van der Waals surface area contributed by atoms with Crippen molar-refractivity contribution < 1.29 is 14.4 Å². The lowest BCUT2D eigenvalue weighted by Gasteiger charge is -2.30. The van der Waals surface area contributed by atoms with Crippen molar-refractivity contribution in [2.24, 2.45) is 4.99 Å². The fraction of sp³-hybridized carbons (Fsp3) is 0.238. The molecule has 154 valence electrons. The zero-order chi connectivity index (χ0) is 21.1. The Labute approximate surface area is 173 Å². The standard InChI is InChI=1S/C21H22N6O3/c1-13-20(29)27(17-8-3-2-4-9-17)26-18(22-13)19(28)23-15-6-5-7-16(12-15)25-21(30)24-14-10-11-14/h2-9,12-14H,10-11H2,1H3,(H,22,26)(H,23,28)(H2,24,25,30). The van der Waals surface area contributed by atoms with Crippen molar-refractivity contribution >= 4 is 40.7 Å². The highest BCUT2D eigenvalue weighted by molar-refractivity contribution is 6.43. The first-order chi connectivity index (χ1) is 14.5. The van der Waals surface area contributed by atoms with Crippen molar-refractivity contribution in [1.29, 1.82) is 0 Å². The SMILES string of the molecule is CC1N=C(C(=O)Nc2cccc(NC(=O)NC3CC3)c2)NN(c2ccccc2)C1=O. The van der Waals surface area contributed by atoms with E-state index in [1.165, 1.54) is 5.01 Å². The maximum Gasteiger partial charge on any atom is 0.319 e. The van der Waals surface area contributed by atoms with Crippen LogP contribution >= 0.6 is 0 Å². The molecule has 1 aliphatic carbocycles. The zero-order valence-corrected chi connectivity index (χ0v) is 16.4. The van der Waals surface area contributed by atoms with Crippen molar-refractivity contribution in [3.63, 3.8) is 0 Å². The first kappa shape index (κ1) is 19.4. The molecule has 1 unspecified atom stereocenters. The predicted octanol–water partition coefficient (Wildman–Crippen LogP) is 2.25. The van der Waals surface area contributed by atoms with Gasteiger partial charge < -0.3 is 16.0 Å². The summed E-state index contributed by atoms with van der Waals surface area (Å²) in [6, 6.07) is 15.1. The van der Waals surface area contributed by atoms with Crippen LogP contribution in [0.2, 0.25) is 0 Å². The lowest BCUT2D eigenvalue weighted by molar-refractivity contribution is -0.120. The number of amides is 4. The molecule has 9 heteroatoms. The van der Waals surface area contributed by atoms with E-state index in [2.05, 4.69) is 26.4 Å². The van der Waals surface area contributed by atoms with Crippen LogP contribution < -0.4 is 26.4 Å². The lowest BCUT2D eigenvalue weighted by atomic mass is 10.2. The monoisotopic (exact) mass is 406 g/mol. The van der Waals surface area contributed by atoms with Gasteiger partial charge in [0, 0.05) is 17.4 Å². The maximum atomic E-state index is 12.7. The van der Waals surface area contributed by atoms with E-state index in [0.717, 1.165) is 12.8 Å². The number of anilines is 3. The summed E-state index contributed by atoms with van der Waals surface area (Å²) in [5.41, 5.74) is 4.45. The number of carbonyl (C=O) groups is 3. The van der Waals surface area contributed by atoms with Crippen molar-refractivity contribution in [2.45, 2.75) is 31.8 Å². The fourth-order valence-electron chi connectivity index (χ4n) is 2.95. The molecule has 9 nitrogen and oxygen atoms in total. The summed E-state index contributed by atoms with van der Waals surface area (Å²) in [4.78, 5) is 41.3. The number of hydrogen-bond acceptors (Lipinski definition) is 5. The molecule has 0 spiro atoms. The molecule has 1 heterocycles. The topological polar surface area (TPSA) is 115 Å². The molecule has 2 aliphatic rings. The number of nitrogens with one attached hydrogen (secondary N) is 4. The number of amidine groups is 1. The highest BCUT2D eigenvalue weighted by Crippen LogP contribution is 2.20. The van der Waals surface area contributed by atoms with Gasteiger partial charge in [-0.15, -0.1) is 0 Å². The van der Waals surface area contributed by atoms with Crippen LogP contribution in [0.1, 0.15) is 19.8 Å². The number of rotatable bonds is 5. The molecule has 2 aromatic rings. The average Bonchev–Trinajstić information content (AvgIpc) is 3.54. The van der Waals surface area contributed by atoms with E-state index in [-0.39, 0.29) is 23.8 Å². The summed E-state index contributed by atoms with van der Waals surface area (Å²) in [5.74, 6) is -0.726. The number of para-hydroxylation sites is 1. The molecular formula is C21H22N6O3. The van der Waals surface area contributed by atoms with Crippen molar-refractivity contribution in [3.8, 4) is 0 Å². The van der Waals surface area contributed by atoms with Crippen LogP contribution in [0.4, 0.5) is 21.9 Å². The lowest BCUT2D eigenvalue weighted by Crippen LogP contribution is -2.57. The highest BCUT2D eigenvalue weighted by atomic mass is 16.2. The van der Waals surface area contributed by atoms with E-state index in [9.17, 15) is 14.4 Å². The van der Waals surface area contributed by atoms with Gasteiger partial charge >= 0.3 is 6.03 Å². The third-order valence-electron chi connectivity index (χ3n) is 4.64. The van der Waals surface area contributed by atoms with E-state index in [4.69, 9.17) is 0 Å². The van der Waals surface area contributed by atoms with Crippen LogP contribution in [0, 0.1) is 0 Å². The quantitative estimate of drug-likeness (QED) is 0.610. The van der Waals surface area contributed by atoms with Gasteiger partial charge in [-0.1, -0.05) is 24.3 Å². The minimum absolute atomic E-state index is 0.0239. The van der Waals surface area contributed by atoms with Gasteiger partial charge in [0.15, 0.2) is 0 Å². The van der Waals surface area contributed by atoms with E-state index in [1.54, 1.807) is 55.5 Å². The van der Waals surface area contributed by atoms with Gasteiger partial charge in [-0.25, -0.2) is 14.8 Å². The molecule has 1 aliphatic heterocycles. The number of benzene rings is 2. The Morgan fingerprint density at radius 3 is 2.43 bits per heavy atom. The van der Waals surface area contributed by atoms with E-state index in [1.807, 2.05) is 6.07 Å². The maximum absolute atomic E-state index is 12.7. The molecule has 4 rings (SSSR count). The Hall–Kier alpha value is -3.88. The molecule has 4 N–H and O–H groups in total. The Balaban J connectivity index is 1.44. The molecule has 1 atom stereocenters. The summed E-state index contributed by atoms with van der Waals surface area (Å²) < 4.78 is 0. The molecule has 0 aromatic heterocycles. The van der Waals surface area contributed by atoms with E-state index >= 15 is 0 Å². The summed E-state index contributed by atoms with van der Waals surface area (Å²) in [5, 5.41) is 9.64. The Morgan fingerprint density at radius 1 is 1.03 bits per heavy atom. The predicted molar refractivity (Wildman–Crippen MR) is 114 cm³/mol. The van der Waals surface area contributed by atoms with Crippen molar-refractivity contribution in [1.82, 2.24) is 10.7 Å². The van der Waals surface area contributed by atoms with E-state index < -0.39 is 11.9 Å². The van der Waals surface area contributed by atoms with Crippen LogP contribution in [-0.2, 0) is 9.59 Å². The second-order valence-corrected chi connectivity index (χ2v) is 7.18. The number of urea groups is 1. The van der Waals surface area contributed by atoms with Gasteiger partial charge in [-0.2, -0.15) is 0 Å². The minimum Gasteiger partial charge on any atom is -0.335 e. The Bertz CT molecular complexity index is 1000. The van der Waals surface area contributed by atoms with Gasteiger partial charge in [0.1, 0.15) is 6.04 Å². The van der Waals surface area contributed by atoms with Crippen molar-refractivity contribution in [3.05, 3.63) is 54.6 Å². The second kappa shape index (κ2) is 8.24. The molecule has 1 saturated carbocycles. The van der Waals surface area contributed by atoms with Crippen molar-refractivity contribution in [2.75, 3.05) is 15.6 Å². The molecule has 0 saturated heterocycles. The molecule has 1 fully saturated rings. The first-order valence-corrected chi connectivity index (χ1v) is 9.72. The Morgan fingerprint density at radius 2 is 1.73 bits per heavy atom. The van der Waals surface area contributed by atoms with E-state index in [0.29, 0.717) is 17.1 Å².